The van der Waals surface area contributed by atoms with Crippen molar-refractivity contribution < 1.29 is 18.7 Å². The number of benzene rings is 1. The summed E-state index contributed by atoms with van der Waals surface area (Å²) in [6.07, 6.45) is 6.55. The van der Waals surface area contributed by atoms with Gasteiger partial charge in [-0.3, -0.25) is 9.59 Å². The van der Waals surface area contributed by atoms with E-state index in [1.165, 1.54) is 0 Å². The summed E-state index contributed by atoms with van der Waals surface area (Å²) in [6.45, 7) is 2.02. The number of piperidine rings is 1. The van der Waals surface area contributed by atoms with Crippen LogP contribution >= 0.6 is 0 Å². The van der Waals surface area contributed by atoms with E-state index in [0.717, 1.165) is 12.8 Å². The fourth-order valence-corrected chi connectivity index (χ4v) is 2.98. The zero-order valence-electron chi connectivity index (χ0n) is 15.2. The Labute approximate surface area is 158 Å². The third-order valence-corrected chi connectivity index (χ3v) is 4.56. The van der Waals surface area contributed by atoms with Gasteiger partial charge in [0, 0.05) is 25.7 Å². The number of rotatable bonds is 7. The molecule has 1 N–H and O–H groups in total. The largest absolute Gasteiger partial charge is 0.484 e. The number of ether oxygens (including phenoxy) is 1. The number of hydrogen-bond donors (Lipinski definition) is 1. The van der Waals surface area contributed by atoms with Crippen LogP contribution in [0.25, 0.3) is 6.08 Å². The van der Waals surface area contributed by atoms with Crippen molar-refractivity contribution in [1.82, 2.24) is 10.2 Å². The molecule has 2 amide bonds. The van der Waals surface area contributed by atoms with Crippen molar-refractivity contribution in [3.63, 3.8) is 0 Å². The minimum atomic E-state index is -0.126. The predicted molar refractivity (Wildman–Crippen MR) is 102 cm³/mol. The van der Waals surface area contributed by atoms with E-state index >= 15 is 0 Å². The highest BCUT2D eigenvalue weighted by Crippen LogP contribution is 2.17. The minimum Gasteiger partial charge on any atom is -0.484 e. The molecule has 6 nitrogen and oxygen atoms in total. The number of likely N-dealkylation sites (tertiary alicyclic amines) is 1. The molecule has 0 radical (unpaired) electrons. The van der Waals surface area contributed by atoms with Crippen LogP contribution in [0.1, 0.15) is 18.6 Å². The van der Waals surface area contributed by atoms with Gasteiger partial charge >= 0.3 is 0 Å². The molecule has 0 atom stereocenters. The van der Waals surface area contributed by atoms with Crippen LogP contribution in [0, 0.1) is 5.92 Å². The first kappa shape index (κ1) is 18.8. The predicted octanol–water partition coefficient (Wildman–Crippen LogP) is 2.73. The van der Waals surface area contributed by atoms with Gasteiger partial charge in [-0.05, 0) is 49.1 Å². The van der Waals surface area contributed by atoms with Crippen molar-refractivity contribution >= 4 is 17.9 Å². The van der Waals surface area contributed by atoms with E-state index in [-0.39, 0.29) is 18.4 Å². The van der Waals surface area contributed by atoms with Gasteiger partial charge in [-0.15, -0.1) is 0 Å². The van der Waals surface area contributed by atoms with Gasteiger partial charge in [0.2, 0.25) is 5.91 Å². The van der Waals surface area contributed by atoms with E-state index in [1.54, 1.807) is 30.5 Å². The van der Waals surface area contributed by atoms with Gasteiger partial charge in [0.1, 0.15) is 11.5 Å². The molecule has 6 heteroatoms. The summed E-state index contributed by atoms with van der Waals surface area (Å²) >= 11 is 0. The summed E-state index contributed by atoms with van der Waals surface area (Å²) in [4.78, 5) is 25.9. The van der Waals surface area contributed by atoms with E-state index in [0.29, 0.717) is 37.1 Å². The van der Waals surface area contributed by atoms with Crippen molar-refractivity contribution in [3.05, 3.63) is 60.6 Å². The van der Waals surface area contributed by atoms with E-state index < -0.39 is 0 Å². The fourth-order valence-electron chi connectivity index (χ4n) is 2.98. The number of furan rings is 1. The lowest BCUT2D eigenvalue weighted by atomic mass is 9.96. The maximum absolute atomic E-state index is 12.2. The van der Waals surface area contributed by atoms with Gasteiger partial charge in [-0.1, -0.05) is 18.2 Å². The van der Waals surface area contributed by atoms with E-state index in [4.69, 9.17) is 9.15 Å². The first-order chi connectivity index (χ1) is 13.2. The molecule has 1 fully saturated rings. The maximum Gasteiger partial charge on any atom is 0.257 e. The second kappa shape index (κ2) is 9.62. The molecule has 2 heterocycles. The van der Waals surface area contributed by atoms with Gasteiger partial charge in [-0.25, -0.2) is 0 Å². The highest BCUT2D eigenvalue weighted by atomic mass is 16.5. The Balaban J connectivity index is 1.33. The number of hydrogen-bond acceptors (Lipinski definition) is 4. The molecule has 1 aromatic carbocycles. The number of amides is 2. The topological polar surface area (TPSA) is 71.8 Å². The van der Waals surface area contributed by atoms with Gasteiger partial charge < -0.3 is 19.4 Å². The Bertz CT molecular complexity index is 748. The van der Waals surface area contributed by atoms with Crippen LogP contribution in [-0.4, -0.2) is 43.0 Å². The molecule has 1 saturated heterocycles. The molecule has 0 aliphatic carbocycles. The SMILES string of the molecule is O=C(COc1ccccc1)NCC1CCN(C(=O)/C=C/c2ccco2)CC1. The number of para-hydroxylation sites is 1. The summed E-state index contributed by atoms with van der Waals surface area (Å²) in [7, 11) is 0. The second-order valence-corrected chi connectivity index (χ2v) is 6.52. The molecule has 2 aromatic rings. The van der Waals surface area contributed by atoms with Crippen LogP contribution in [0.2, 0.25) is 0 Å². The molecule has 142 valence electrons. The Morgan fingerprint density at radius 3 is 2.63 bits per heavy atom. The molecule has 0 saturated carbocycles. The standard InChI is InChI=1S/C21H24N2O4/c24-20(16-27-18-5-2-1-3-6-18)22-15-17-10-12-23(13-11-17)21(25)9-8-19-7-4-14-26-19/h1-9,14,17H,10-13,15-16H2,(H,22,24)/b9-8+. The summed E-state index contributed by atoms with van der Waals surface area (Å²) in [5, 5.41) is 2.92. The lowest BCUT2D eigenvalue weighted by molar-refractivity contribution is -0.128. The fraction of sp³-hybridized carbons (Fsp3) is 0.333. The smallest absolute Gasteiger partial charge is 0.257 e. The second-order valence-electron chi connectivity index (χ2n) is 6.52. The van der Waals surface area contributed by atoms with Crippen molar-refractivity contribution in [2.45, 2.75) is 12.8 Å². The Kier molecular flexibility index (Phi) is 6.68. The molecule has 3 rings (SSSR count). The zero-order chi connectivity index (χ0) is 18.9. The number of carbonyl (C=O) groups excluding carboxylic acids is 2. The first-order valence-corrected chi connectivity index (χ1v) is 9.16. The molecule has 1 aromatic heterocycles. The molecular weight excluding hydrogens is 344 g/mol. The molecule has 0 spiro atoms. The lowest BCUT2D eigenvalue weighted by Gasteiger charge is -2.31. The van der Waals surface area contributed by atoms with E-state index in [2.05, 4.69) is 5.32 Å². The van der Waals surface area contributed by atoms with E-state index in [9.17, 15) is 9.59 Å². The molecule has 1 aliphatic heterocycles. The van der Waals surface area contributed by atoms with Crippen LogP contribution in [-0.2, 0) is 9.59 Å². The normalized spacial score (nSPS) is 15.0. The highest BCUT2D eigenvalue weighted by molar-refractivity contribution is 5.91. The quantitative estimate of drug-likeness (QED) is 0.763. The van der Waals surface area contributed by atoms with Crippen molar-refractivity contribution in [2.75, 3.05) is 26.2 Å². The monoisotopic (exact) mass is 368 g/mol. The Morgan fingerprint density at radius 2 is 1.93 bits per heavy atom. The first-order valence-electron chi connectivity index (χ1n) is 9.16. The van der Waals surface area contributed by atoms with Crippen molar-refractivity contribution in [3.8, 4) is 5.75 Å². The van der Waals surface area contributed by atoms with Gasteiger partial charge in [0.15, 0.2) is 6.61 Å². The van der Waals surface area contributed by atoms with Crippen LogP contribution in [0.3, 0.4) is 0 Å². The minimum absolute atomic E-state index is 0.00912. The van der Waals surface area contributed by atoms with Crippen LogP contribution < -0.4 is 10.1 Å². The average Bonchev–Trinajstić information content (AvgIpc) is 3.24. The summed E-state index contributed by atoms with van der Waals surface area (Å²) < 4.78 is 10.6. The third-order valence-electron chi connectivity index (χ3n) is 4.56. The molecular formula is C21H24N2O4. The van der Waals surface area contributed by atoms with Crippen LogP contribution in [0.5, 0.6) is 5.75 Å². The number of nitrogens with one attached hydrogen (secondary N) is 1. The van der Waals surface area contributed by atoms with E-state index in [1.807, 2.05) is 35.2 Å². The van der Waals surface area contributed by atoms with Gasteiger partial charge in [-0.2, -0.15) is 0 Å². The van der Waals surface area contributed by atoms with Crippen molar-refractivity contribution in [2.24, 2.45) is 5.92 Å². The summed E-state index contributed by atoms with van der Waals surface area (Å²) in [5.41, 5.74) is 0. The highest BCUT2D eigenvalue weighted by Gasteiger charge is 2.22. The summed E-state index contributed by atoms with van der Waals surface area (Å²) in [6, 6.07) is 12.9. The maximum atomic E-state index is 12.2. The molecule has 27 heavy (non-hydrogen) atoms. The average molecular weight is 368 g/mol. The van der Waals surface area contributed by atoms with Crippen LogP contribution in [0.4, 0.5) is 0 Å². The third kappa shape index (κ3) is 6.02. The van der Waals surface area contributed by atoms with Gasteiger partial charge in [0.25, 0.3) is 5.91 Å². The Morgan fingerprint density at radius 1 is 1.15 bits per heavy atom. The molecule has 0 bridgehead atoms. The van der Waals surface area contributed by atoms with Crippen molar-refractivity contribution in [1.29, 1.82) is 0 Å². The number of carbonyl (C=O) groups is 2. The number of nitrogens with zero attached hydrogens (tertiary/aromatic N) is 1. The summed E-state index contributed by atoms with van der Waals surface area (Å²) in [5.74, 6) is 1.59. The van der Waals surface area contributed by atoms with Crippen LogP contribution in [0.15, 0.2) is 59.2 Å². The molecule has 1 aliphatic rings. The van der Waals surface area contributed by atoms with Gasteiger partial charge in [0.05, 0.1) is 6.26 Å². The Hall–Kier alpha value is -3.02. The zero-order valence-corrected chi connectivity index (χ0v) is 15.2. The molecule has 0 unspecified atom stereocenters. The lowest BCUT2D eigenvalue weighted by Crippen LogP contribution is -2.41.